The number of halogens is 3. The number of hydrogen-bond donors (Lipinski definition) is 2. The van der Waals surface area contributed by atoms with E-state index in [0.717, 1.165) is 25.3 Å². The summed E-state index contributed by atoms with van der Waals surface area (Å²) in [5, 5.41) is 15.5. The minimum absolute atomic E-state index is 0. The van der Waals surface area contributed by atoms with Crippen molar-refractivity contribution in [2.24, 2.45) is 0 Å². The fraction of sp³-hybridized carbons (Fsp3) is 0.429. The Morgan fingerprint density at radius 1 is 1.17 bits per heavy atom. The molecule has 2 atom stereocenters. The van der Waals surface area contributed by atoms with Crippen LogP contribution in [-0.2, 0) is 0 Å². The third-order valence-corrected chi connectivity index (χ3v) is 7.31. The van der Waals surface area contributed by atoms with E-state index in [1.807, 2.05) is 12.1 Å². The number of hydrogen-bond acceptors (Lipinski definition) is 10. The molecule has 13 heteroatoms. The van der Waals surface area contributed by atoms with Crippen LogP contribution in [0.5, 0.6) is 11.6 Å². The number of aromatic nitrogens is 3. The summed E-state index contributed by atoms with van der Waals surface area (Å²) in [5.41, 5.74) is 2.25. The molecule has 1 unspecified atom stereocenters. The van der Waals surface area contributed by atoms with Crippen molar-refractivity contribution in [2.45, 2.75) is 31.4 Å². The van der Waals surface area contributed by atoms with Crippen molar-refractivity contribution in [1.29, 1.82) is 5.26 Å². The number of anilines is 3. The maximum Gasteiger partial charge on any atom is 0.296 e. The van der Waals surface area contributed by atoms with Crippen LogP contribution in [0.1, 0.15) is 18.9 Å². The van der Waals surface area contributed by atoms with E-state index < -0.39 is 18.6 Å². The molecule has 0 amide bonds. The quantitative estimate of drug-likeness (QED) is 0.420. The van der Waals surface area contributed by atoms with Gasteiger partial charge in [-0.1, -0.05) is 0 Å². The number of piperazine rings is 1. The van der Waals surface area contributed by atoms with Crippen LogP contribution < -0.4 is 25.0 Å². The molecule has 2 aliphatic heterocycles. The number of alkyl halides is 2. The third kappa shape index (κ3) is 6.75. The number of likely N-dealkylation sites (N-methyl/N-ethyl adjacent to an activating group) is 1. The van der Waals surface area contributed by atoms with Gasteiger partial charge in [0.15, 0.2) is 6.10 Å². The molecule has 0 radical (unpaired) electrons. The van der Waals surface area contributed by atoms with Gasteiger partial charge in [-0.15, -0.1) is 12.4 Å². The number of ether oxygens (including phenoxy) is 2. The SMILES string of the molecule is COc1nc(Nc2nccc(-c3ccc(OC4CCNCC4(F)F)c(C#N)c3)n2)ccc1N1CCN(C)[C@H](C)C1.Cl. The Kier molecular flexibility index (Phi) is 9.42. The van der Waals surface area contributed by atoms with Crippen LogP contribution in [0.4, 0.5) is 26.2 Å². The van der Waals surface area contributed by atoms with Gasteiger partial charge in [-0.25, -0.2) is 18.7 Å². The second kappa shape index (κ2) is 12.8. The molecule has 0 aliphatic carbocycles. The molecule has 5 rings (SSSR count). The zero-order chi connectivity index (χ0) is 28.3. The first-order valence-electron chi connectivity index (χ1n) is 13.2. The Morgan fingerprint density at radius 2 is 2.00 bits per heavy atom. The summed E-state index contributed by atoms with van der Waals surface area (Å²) in [6, 6.07) is 12.8. The second-order valence-corrected chi connectivity index (χ2v) is 10.0. The van der Waals surface area contributed by atoms with Crippen LogP contribution in [0.25, 0.3) is 11.3 Å². The normalized spacial score (nSPS) is 20.4. The number of nitrogens with one attached hydrogen (secondary N) is 2. The van der Waals surface area contributed by atoms with Crippen molar-refractivity contribution in [3.8, 4) is 29.0 Å². The molecule has 2 fully saturated rings. The summed E-state index contributed by atoms with van der Waals surface area (Å²) >= 11 is 0. The maximum atomic E-state index is 14.2. The lowest BCUT2D eigenvalue weighted by Gasteiger charge is -2.39. The van der Waals surface area contributed by atoms with Crippen LogP contribution in [0.2, 0.25) is 0 Å². The molecule has 0 bridgehead atoms. The highest BCUT2D eigenvalue weighted by Gasteiger charge is 2.43. The van der Waals surface area contributed by atoms with Gasteiger partial charge in [-0.2, -0.15) is 10.2 Å². The molecule has 41 heavy (non-hydrogen) atoms. The van der Waals surface area contributed by atoms with Gasteiger partial charge in [-0.05, 0) is 56.9 Å². The maximum absolute atomic E-state index is 14.2. The number of benzene rings is 1. The first-order chi connectivity index (χ1) is 19.3. The topological polar surface area (TPSA) is 111 Å². The number of pyridine rings is 1. The van der Waals surface area contributed by atoms with E-state index in [4.69, 9.17) is 9.47 Å². The molecule has 4 heterocycles. The minimum Gasteiger partial charge on any atom is -0.483 e. The number of piperidine rings is 1. The van der Waals surface area contributed by atoms with E-state index in [0.29, 0.717) is 41.5 Å². The van der Waals surface area contributed by atoms with Crippen molar-refractivity contribution < 1.29 is 18.3 Å². The lowest BCUT2D eigenvalue weighted by Crippen LogP contribution is -2.52. The smallest absolute Gasteiger partial charge is 0.296 e. The van der Waals surface area contributed by atoms with E-state index in [-0.39, 0.29) is 30.1 Å². The lowest BCUT2D eigenvalue weighted by atomic mass is 10.0. The number of nitrogens with zero attached hydrogens (tertiary/aromatic N) is 6. The average Bonchev–Trinajstić information content (AvgIpc) is 2.96. The lowest BCUT2D eigenvalue weighted by molar-refractivity contribution is -0.109. The second-order valence-electron chi connectivity index (χ2n) is 10.0. The van der Waals surface area contributed by atoms with Gasteiger partial charge >= 0.3 is 0 Å². The number of methoxy groups -OCH3 is 1. The fourth-order valence-electron chi connectivity index (χ4n) is 4.85. The molecule has 2 aromatic heterocycles. The molecule has 2 aliphatic rings. The van der Waals surface area contributed by atoms with Crippen LogP contribution in [0.15, 0.2) is 42.6 Å². The van der Waals surface area contributed by atoms with Crippen molar-refractivity contribution in [1.82, 2.24) is 25.2 Å². The van der Waals surface area contributed by atoms with E-state index in [1.54, 1.807) is 31.5 Å². The standard InChI is InChI=1S/C28H32F2N8O2.ClH/c1-18-16-38(13-12-37(18)2)22-5-7-25(35-26(22)39-3)36-27-33-11-8-21(34-27)19-4-6-23(20(14-19)15-31)40-24-9-10-32-17-28(24,29)30;/h4-8,11,14,18,24,32H,9-10,12-13,16-17H2,1-3H3,(H,33,34,35,36);1H/t18-,24?;/m1./s1. The zero-order valence-electron chi connectivity index (χ0n) is 23.1. The van der Waals surface area contributed by atoms with Crippen LogP contribution in [0.3, 0.4) is 0 Å². The van der Waals surface area contributed by atoms with Crippen molar-refractivity contribution in [3.05, 3.63) is 48.2 Å². The van der Waals surface area contributed by atoms with Crippen LogP contribution in [0, 0.1) is 11.3 Å². The largest absolute Gasteiger partial charge is 0.483 e. The minimum atomic E-state index is -3.02. The highest BCUT2D eigenvalue weighted by molar-refractivity contribution is 5.85. The zero-order valence-corrected chi connectivity index (χ0v) is 23.9. The monoisotopic (exact) mass is 586 g/mol. The molecule has 10 nitrogen and oxygen atoms in total. The summed E-state index contributed by atoms with van der Waals surface area (Å²) in [7, 11) is 3.72. The molecular weight excluding hydrogens is 554 g/mol. The predicted octanol–water partition coefficient (Wildman–Crippen LogP) is 4.10. The van der Waals surface area contributed by atoms with E-state index in [2.05, 4.69) is 55.4 Å². The third-order valence-electron chi connectivity index (χ3n) is 7.31. The predicted molar refractivity (Wildman–Crippen MR) is 155 cm³/mol. The molecule has 2 N–H and O–H groups in total. The van der Waals surface area contributed by atoms with Gasteiger partial charge < -0.3 is 29.9 Å². The molecule has 218 valence electrons. The van der Waals surface area contributed by atoms with Crippen LogP contribution >= 0.6 is 12.4 Å². The van der Waals surface area contributed by atoms with Gasteiger partial charge in [-0.3, -0.25) is 0 Å². The summed E-state index contributed by atoms with van der Waals surface area (Å²) in [6.45, 7) is 4.88. The Hall–Kier alpha value is -3.79. The van der Waals surface area contributed by atoms with Gasteiger partial charge in [0.05, 0.1) is 24.9 Å². The molecule has 1 aromatic carbocycles. The van der Waals surface area contributed by atoms with E-state index in [9.17, 15) is 14.0 Å². The fourth-order valence-corrected chi connectivity index (χ4v) is 4.85. The molecule has 0 saturated carbocycles. The van der Waals surface area contributed by atoms with Crippen molar-refractivity contribution in [3.63, 3.8) is 0 Å². The Morgan fingerprint density at radius 3 is 2.73 bits per heavy atom. The summed E-state index contributed by atoms with van der Waals surface area (Å²) < 4.78 is 39.7. The van der Waals surface area contributed by atoms with Gasteiger partial charge in [0, 0.05) is 43.9 Å². The van der Waals surface area contributed by atoms with Gasteiger partial charge in [0.1, 0.15) is 23.3 Å². The summed E-state index contributed by atoms with van der Waals surface area (Å²) in [5.74, 6) is -1.57. The summed E-state index contributed by atoms with van der Waals surface area (Å²) in [4.78, 5) is 18.1. The number of nitriles is 1. The average molecular weight is 587 g/mol. The number of rotatable bonds is 7. The Balaban J connectivity index is 0.00000387. The van der Waals surface area contributed by atoms with Crippen molar-refractivity contribution >= 4 is 29.9 Å². The van der Waals surface area contributed by atoms with E-state index in [1.165, 1.54) is 6.07 Å². The first kappa shape index (κ1) is 30.2. The van der Waals surface area contributed by atoms with Gasteiger partial charge in [0.2, 0.25) is 11.8 Å². The molecule has 2 saturated heterocycles. The Bertz CT molecular complexity index is 1410. The summed E-state index contributed by atoms with van der Waals surface area (Å²) in [6.07, 6.45) is 0.445. The highest BCUT2D eigenvalue weighted by atomic mass is 35.5. The molecular formula is C28H33ClF2N8O2. The molecule has 3 aromatic rings. The van der Waals surface area contributed by atoms with Crippen molar-refractivity contribution in [2.75, 3.05) is 57.1 Å². The first-order valence-corrected chi connectivity index (χ1v) is 13.2. The van der Waals surface area contributed by atoms with E-state index >= 15 is 0 Å². The Labute approximate surface area is 244 Å². The molecule has 0 spiro atoms. The van der Waals surface area contributed by atoms with Gasteiger partial charge in [0.25, 0.3) is 5.92 Å². The highest BCUT2D eigenvalue weighted by Crippen LogP contribution is 2.33. The van der Waals surface area contributed by atoms with Crippen LogP contribution in [-0.4, -0.2) is 84.8 Å².